The first-order chi connectivity index (χ1) is 12.2. The van der Waals surface area contributed by atoms with Crippen LogP contribution in [0.25, 0.3) is 0 Å². The van der Waals surface area contributed by atoms with Gasteiger partial charge in [0, 0.05) is 39.6 Å². The first-order valence-electron chi connectivity index (χ1n) is 9.24. The maximum Gasteiger partial charge on any atom is 0.401 e. The number of rotatable bonds is 8. The van der Waals surface area contributed by atoms with Gasteiger partial charge in [-0.15, -0.1) is 24.0 Å². The summed E-state index contributed by atoms with van der Waals surface area (Å²) in [5, 5.41) is 5.91. The van der Waals surface area contributed by atoms with Crippen molar-refractivity contribution in [2.75, 3.05) is 53.4 Å². The van der Waals surface area contributed by atoms with E-state index in [0.717, 1.165) is 38.4 Å². The van der Waals surface area contributed by atoms with Crippen molar-refractivity contribution in [1.29, 1.82) is 0 Å². The molecule has 1 aliphatic heterocycles. The zero-order chi connectivity index (χ0) is 19.6. The van der Waals surface area contributed by atoms with Crippen LogP contribution in [-0.4, -0.2) is 81.2 Å². The van der Waals surface area contributed by atoms with E-state index in [4.69, 9.17) is 0 Å². The van der Waals surface area contributed by atoms with E-state index in [2.05, 4.69) is 20.5 Å². The number of carbonyl (C=O) groups is 1. The molecule has 2 N–H and O–H groups in total. The third kappa shape index (κ3) is 11.6. The van der Waals surface area contributed by atoms with Crippen LogP contribution >= 0.6 is 24.0 Å². The predicted octanol–water partition coefficient (Wildman–Crippen LogP) is 2.30. The van der Waals surface area contributed by atoms with Crippen LogP contribution in [0, 0.1) is 5.92 Å². The van der Waals surface area contributed by atoms with Gasteiger partial charge in [-0.3, -0.25) is 14.7 Å². The molecule has 0 saturated carbocycles. The zero-order valence-corrected chi connectivity index (χ0v) is 18.8. The lowest BCUT2D eigenvalue weighted by molar-refractivity contribution is -0.143. The number of nitrogens with zero attached hydrogens (tertiary/aromatic N) is 3. The fourth-order valence-electron chi connectivity index (χ4n) is 3.05. The number of piperidine rings is 1. The molecule has 1 aliphatic rings. The molecular weight excluding hydrogens is 474 g/mol. The van der Waals surface area contributed by atoms with Gasteiger partial charge in [0.15, 0.2) is 5.96 Å². The third-order valence-corrected chi connectivity index (χ3v) is 4.41. The van der Waals surface area contributed by atoms with Gasteiger partial charge >= 0.3 is 6.18 Å². The van der Waals surface area contributed by atoms with Crippen LogP contribution in [0.4, 0.5) is 13.2 Å². The molecule has 0 radical (unpaired) electrons. The quantitative estimate of drug-likeness (QED) is 0.229. The lowest BCUT2D eigenvalue weighted by Crippen LogP contribution is -2.46. The Balaban J connectivity index is 0.00000676. The summed E-state index contributed by atoms with van der Waals surface area (Å²) in [5.41, 5.74) is 0. The molecule has 0 aromatic carbocycles. The Hall–Kier alpha value is -0.780. The van der Waals surface area contributed by atoms with Crippen molar-refractivity contribution in [3.63, 3.8) is 0 Å². The summed E-state index contributed by atoms with van der Waals surface area (Å²) in [7, 11) is 3.12. The van der Waals surface area contributed by atoms with Gasteiger partial charge < -0.3 is 15.5 Å². The van der Waals surface area contributed by atoms with Crippen LogP contribution in [0.2, 0.25) is 0 Å². The van der Waals surface area contributed by atoms with Crippen LogP contribution in [-0.2, 0) is 4.79 Å². The summed E-state index contributed by atoms with van der Waals surface area (Å²) in [4.78, 5) is 19.5. The average Bonchev–Trinajstić information content (AvgIpc) is 2.56. The number of hydrogen-bond donors (Lipinski definition) is 2. The smallest absolute Gasteiger partial charge is 0.359 e. The molecule has 27 heavy (non-hydrogen) atoms. The molecule has 160 valence electrons. The van der Waals surface area contributed by atoms with Gasteiger partial charge in [-0.05, 0) is 45.7 Å². The Morgan fingerprint density at radius 1 is 1.30 bits per heavy atom. The summed E-state index contributed by atoms with van der Waals surface area (Å²) in [6.07, 6.45) is -1.15. The van der Waals surface area contributed by atoms with Gasteiger partial charge in [-0.1, -0.05) is 0 Å². The van der Waals surface area contributed by atoms with Crippen LogP contribution in [0.1, 0.15) is 32.6 Å². The van der Waals surface area contributed by atoms with Crippen molar-refractivity contribution >= 4 is 35.8 Å². The number of hydrogen-bond acceptors (Lipinski definition) is 3. The molecule has 1 rings (SSSR count). The van der Waals surface area contributed by atoms with E-state index in [1.807, 2.05) is 6.92 Å². The highest BCUT2D eigenvalue weighted by Gasteiger charge is 2.28. The fraction of sp³-hybridized carbons (Fsp3) is 0.882. The molecule has 10 heteroatoms. The van der Waals surface area contributed by atoms with E-state index in [9.17, 15) is 18.0 Å². The molecule has 1 heterocycles. The third-order valence-electron chi connectivity index (χ3n) is 4.41. The number of likely N-dealkylation sites (tertiary alicyclic amines) is 1. The number of alkyl halides is 3. The summed E-state index contributed by atoms with van der Waals surface area (Å²) in [6, 6.07) is 0. The van der Waals surface area contributed by atoms with Gasteiger partial charge in [-0.25, -0.2) is 0 Å². The highest BCUT2D eigenvalue weighted by atomic mass is 127. The molecule has 1 amide bonds. The van der Waals surface area contributed by atoms with Crippen molar-refractivity contribution in [1.82, 2.24) is 20.4 Å². The molecule has 0 bridgehead atoms. The standard InChI is InChI=1S/C17H32F3N5O.HI/c1-4-22-16(23-8-5-9-24(3)13-17(18,19)20)25-10-6-14(7-11-25)12-15(26)21-2;/h14H,4-13H2,1-3H3,(H,21,26)(H,22,23);1H. The molecule has 6 nitrogen and oxygen atoms in total. The van der Waals surface area contributed by atoms with Gasteiger partial charge in [0.25, 0.3) is 0 Å². The van der Waals surface area contributed by atoms with Crippen molar-refractivity contribution in [3.8, 4) is 0 Å². The normalized spacial score (nSPS) is 16.3. The lowest BCUT2D eigenvalue weighted by Gasteiger charge is -2.34. The number of halogens is 4. The Morgan fingerprint density at radius 3 is 2.44 bits per heavy atom. The van der Waals surface area contributed by atoms with E-state index >= 15 is 0 Å². The van der Waals surface area contributed by atoms with Gasteiger partial charge in [0.05, 0.1) is 6.54 Å². The number of nitrogens with one attached hydrogen (secondary N) is 2. The second kappa shape index (κ2) is 13.4. The molecule has 0 atom stereocenters. The molecule has 0 aromatic rings. The molecular formula is C17H33F3IN5O. The SMILES string of the molecule is CCNC(=NCCCN(C)CC(F)(F)F)N1CCC(CC(=O)NC)CC1.I. The molecule has 0 unspecified atom stereocenters. The topological polar surface area (TPSA) is 60.0 Å². The van der Waals surface area contributed by atoms with Gasteiger partial charge in [0.2, 0.25) is 5.91 Å². The Morgan fingerprint density at radius 2 is 1.93 bits per heavy atom. The molecule has 1 fully saturated rings. The van der Waals surface area contributed by atoms with Crippen LogP contribution in [0.3, 0.4) is 0 Å². The van der Waals surface area contributed by atoms with E-state index in [-0.39, 0.29) is 29.9 Å². The summed E-state index contributed by atoms with van der Waals surface area (Å²) >= 11 is 0. The Bertz CT molecular complexity index is 454. The van der Waals surface area contributed by atoms with E-state index in [1.165, 1.54) is 11.9 Å². The number of aliphatic imine (C=N–C) groups is 1. The number of carbonyl (C=O) groups excluding carboxylic acids is 1. The molecule has 1 saturated heterocycles. The fourth-order valence-corrected chi connectivity index (χ4v) is 3.05. The lowest BCUT2D eigenvalue weighted by atomic mass is 9.93. The summed E-state index contributed by atoms with van der Waals surface area (Å²) < 4.78 is 36.9. The molecule has 0 aliphatic carbocycles. The maximum absolute atomic E-state index is 12.3. The van der Waals surface area contributed by atoms with E-state index in [0.29, 0.717) is 31.8 Å². The van der Waals surface area contributed by atoms with E-state index < -0.39 is 12.7 Å². The number of guanidine groups is 1. The van der Waals surface area contributed by atoms with Crippen LogP contribution in [0.5, 0.6) is 0 Å². The van der Waals surface area contributed by atoms with E-state index in [1.54, 1.807) is 7.05 Å². The zero-order valence-electron chi connectivity index (χ0n) is 16.4. The maximum atomic E-state index is 12.3. The van der Waals surface area contributed by atoms with Gasteiger partial charge in [0.1, 0.15) is 0 Å². The predicted molar refractivity (Wildman–Crippen MR) is 113 cm³/mol. The summed E-state index contributed by atoms with van der Waals surface area (Å²) in [5.74, 6) is 1.28. The average molecular weight is 507 g/mol. The minimum absolute atomic E-state index is 0. The van der Waals surface area contributed by atoms with Crippen molar-refractivity contribution in [3.05, 3.63) is 0 Å². The first kappa shape index (κ1) is 26.2. The second-order valence-corrected chi connectivity index (χ2v) is 6.75. The highest BCUT2D eigenvalue weighted by Crippen LogP contribution is 2.20. The summed E-state index contributed by atoms with van der Waals surface area (Å²) in [6.45, 7) is 4.35. The van der Waals surface area contributed by atoms with Gasteiger partial charge in [-0.2, -0.15) is 13.2 Å². The largest absolute Gasteiger partial charge is 0.401 e. The number of amides is 1. The molecule has 0 aromatic heterocycles. The highest BCUT2D eigenvalue weighted by molar-refractivity contribution is 14.0. The van der Waals surface area contributed by atoms with Crippen LogP contribution < -0.4 is 10.6 Å². The Kier molecular flexibility index (Phi) is 13.0. The first-order valence-corrected chi connectivity index (χ1v) is 9.24. The molecule has 0 spiro atoms. The Labute approximate surface area is 177 Å². The minimum Gasteiger partial charge on any atom is -0.359 e. The van der Waals surface area contributed by atoms with Crippen LogP contribution in [0.15, 0.2) is 4.99 Å². The minimum atomic E-state index is -4.16. The second-order valence-electron chi connectivity index (χ2n) is 6.75. The van der Waals surface area contributed by atoms with Crippen molar-refractivity contribution in [2.24, 2.45) is 10.9 Å². The van der Waals surface area contributed by atoms with Crippen molar-refractivity contribution < 1.29 is 18.0 Å². The van der Waals surface area contributed by atoms with Crippen molar-refractivity contribution in [2.45, 2.75) is 38.8 Å². The monoisotopic (exact) mass is 507 g/mol.